The molecule has 2 aromatic rings. The fraction of sp³-hybridized carbons (Fsp3) is 0.556. The van der Waals surface area contributed by atoms with Crippen LogP contribution in [0.2, 0.25) is 0 Å². The van der Waals surface area contributed by atoms with Crippen LogP contribution in [-0.2, 0) is 4.74 Å². The molecule has 3 rings (SSSR count). The SMILES string of the molecule is CC(C)(CNC(=O)c1cnoc1-c1ccco1)CC1CCOCC1. The van der Waals surface area contributed by atoms with Gasteiger partial charge in [-0.2, -0.15) is 0 Å². The zero-order chi connectivity index (χ0) is 17.0. The van der Waals surface area contributed by atoms with Crippen molar-refractivity contribution in [2.24, 2.45) is 11.3 Å². The van der Waals surface area contributed by atoms with Crippen molar-refractivity contribution in [1.82, 2.24) is 10.5 Å². The van der Waals surface area contributed by atoms with Crippen molar-refractivity contribution in [2.75, 3.05) is 19.8 Å². The summed E-state index contributed by atoms with van der Waals surface area (Å²) in [7, 11) is 0. The molecule has 1 saturated heterocycles. The quantitative estimate of drug-likeness (QED) is 0.876. The van der Waals surface area contributed by atoms with Gasteiger partial charge in [-0.1, -0.05) is 19.0 Å². The lowest BCUT2D eigenvalue weighted by Gasteiger charge is -2.32. The van der Waals surface area contributed by atoms with Crippen LogP contribution in [-0.4, -0.2) is 30.8 Å². The van der Waals surface area contributed by atoms with Crippen molar-refractivity contribution in [1.29, 1.82) is 0 Å². The average molecular weight is 332 g/mol. The monoisotopic (exact) mass is 332 g/mol. The molecule has 0 aromatic carbocycles. The second-order valence-corrected chi connectivity index (χ2v) is 7.15. The van der Waals surface area contributed by atoms with Crippen LogP contribution in [0.25, 0.3) is 11.5 Å². The maximum Gasteiger partial charge on any atom is 0.257 e. The maximum absolute atomic E-state index is 12.5. The van der Waals surface area contributed by atoms with Crippen LogP contribution in [0.15, 0.2) is 33.5 Å². The van der Waals surface area contributed by atoms with Gasteiger partial charge in [0.05, 0.1) is 12.5 Å². The molecule has 0 aliphatic carbocycles. The molecule has 1 N–H and O–H groups in total. The van der Waals surface area contributed by atoms with Crippen LogP contribution in [0, 0.1) is 11.3 Å². The standard InChI is InChI=1S/C18H24N2O4/c1-18(2,10-13-5-8-22-9-6-13)12-19-17(21)14-11-20-24-16(14)15-4-3-7-23-15/h3-4,7,11,13H,5-6,8-10,12H2,1-2H3,(H,19,21). The highest BCUT2D eigenvalue weighted by atomic mass is 16.5. The minimum atomic E-state index is -0.192. The first kappa shape index (κ1) is 16.8. The Bertz CT molecular complexity index is 654. The topological polar surface area (TPSA) is 77.5 Å². The Kier molecular flexibility index (Phi) is 5.04. The van der Waals surface area contributed by atoms with E-state index in [1.165, 1.54) is 12.5 Å². The molecule has 130 valence electrons. The van der Waals surface area contributed by atoms with Gasteiger partial charge in [0, 0.05) is 19.8 Å². The van der Waals surface area contributed by atoms with Gasteiger partial charge in [0.25, 0.3) is 5.91 Å². The van der Waals surface area contributed by atoms with E-state index in [9.17, 15) is 4.79 Å². The minimum Gasteiger partial charge on any atom is -0.461 e. The summed E-state index contributed by atoms with van der Waals surface area (Å²) in [6.07, 6.45) is 6.25. The highest BCUT2D eigenvalue weighted by Gasteiger charge is 2.27. The number of ether oxygens (including phenoxy) is 1. The molecule has 0 saturated carbocycles. The molecule has 24 heavy (non-hydrogen) atoms. The van der Waals surface area contributed by atoms with Gasteiger partial charge in [-0.3, -0.25) is 4.79 Å². The first-order valence-electron chi connectivity index (χ1n) is 8.40. The van der Waals surface area contributed by atoms with Crippen LogP contribution in [0.4, 0.5) is 0 Å². The zero-order valence-electron chi connectivity index (χ0n) is 14.2. The third kappa shape index (κ3) is 4.06. The second-order valence-electron chi connectivity index (χ2n) is 7.15. The van der Waals surface area contributed by atoms with Crippen molar-refractivity contribution in [3.05, 3.63) is 30.2 Å². The van der Waals surface area contributed by atoms with Crippen LogP contribution in [0.1, 0.15) is 43.5 Å². The molecule has 0 radical (unpaired) electrons. The van der Waals surface area contributed by atoms with E-state index in [-0.39, 0.29) is 11.3 Å². The molecule has 0 bridgehead atoms. The van der Waals surface area contributed by atoms with Crippen molar-refractivity contribution in [3.63, 3.8) is 0 Å². The molecule has 0 spiro atoms. The molecule has 1 aliphatic heterocycles. The Morgan fingerprint density at radius 3 is 2.88 bits per heavy atom. The molecule has 1 aliphatic rings. The zero-order valence-corrected chi connectivity index (χ0v) is 14.2. The first-order valence-corrected chi connectivity index (χ1v) is 8.40. The maximum atomic E-state index is 12.5. The summed E-state index contributed by atoms with van der Waals surface area (Å²) in [5.74, 6) is 1.33. The molecular weight excluding hydrogens is 308 g/mol. The van der Waals surface area contributed by atoms with E-state index in [2.05, 4.69) is 24.3 Å². The van der Waals surface area contributed by atoms with Gasteiger partial charge in [0.15, 0.2) is 5.76 Å². The summed E-state index contributed by atoms with van der Waals surface area (Å²) in [6, 6.07) is 3.49. The molecular formula is C18H24N2O4. The normalized spacial score (nSPS) is 16.2. The molecule has 0 unspecified atom stereocenters. The van der Waals surface area contributed by atoms with Gasteiger partial charge in [0.1, 0.15) is 5.56 Å². The highest BCUT2D eigenvalue weighted by Crippen LogP contribution is 2.31. The third-order valence-electron chi connectivity index (χ3n) is 4.47. The van der Waals surface area contributed by atoms with Gasteiger partial charge in [-0.15, -0.1) is 0 Å². The number of hydrogen-bond donors (Lipinski definition) is 1. The fourth-order valence-corrected chi connectivity index (χ4v) is 3.21. The summed E-state index contributed by atoms with van der Waals surface area (Å²) >= 11 is 0. The first-order chi connectivity index (χ1) is 11.6. The van der Waals surface area contributed by atoms with Gasteiger partial charge in [-0.05, 0) is 42.7 Å². The predicted molar refractivity (Wildman–Crippen MR) is 88.5 cm³/mol. The van der Waals surface area contributed by atoms with Gasteiger partial charge < -0.3 is 19.0 Å². The molecule has 1 amide bonds. The van der Waals surface area contributed by atoms with Gasteiger partial charge in [0.2, 0.25) is 5.76 Å². The fourth-order valence-electron chi connectivity index (χ4n) is 3.21. The number of amides is 1. The van der Waals surface area contributed by atoms with E-state index in [1.54, 1.807) is 12.1 Å². The van der Waals surface area contributed by atoms with Gasteiger partial charge in [-0.25, -0.2) is 0 Å². The lowest BCUT2D eigenvalue weighted by molar-refractivity contribution is 0.0507. The average Bonchev–Trinajstić information content (AvgIpc) is 3.24. The molecule has 6 nitrogen and oxygen atoms in total. The molecule has 6 heteroatoms. The Balaban J connectivity index is 1.58. The Morgan fingerprint density at radius 2 is 2.17 bits per heavy atom. The van der Waals surface area contributed by atoms with Crippen LogP contribution >= 0.6 is 0 Å². The number of furan rings is 1. The number of carbonyl (C=O) groups excluding carboxylic acids is 1. The van der Waals surface area contributed by atoms with Crippen molar-refractivity contribution in [2.45, 2.75) is 33.1 Å². The van der Waals surface area contributed by atoms with Crippen LogP contribution < -0.4 is 5.32 Å². The van der Waals surface area contributed by atoms with E-state index < -0.39 is 0 Å². The third-order valence-corrected chi connectivity index (χ3v) is 4.47. The number of hydrogen-bond acceptors (Lipinski definition) is 5. The Labute approximate surface area is 141 Å². The summed E-state index contributed by atoms with van der Waals surface area (Å²) in [4.78, 5) is 12.5. The number of carbonyl (C=O) groups is 1. The largest absolute Gasteiger partial charge is 0.461 e. The Morgan fingerprint density at radius 1 is 1.38 bits per heavy atom. The van der Waals surface area contributed by atoms with Crippen molar-refractivity contribution in [3.8, 4) is 11.5 Å². The molecule has 3 heterocycles. The number of nitrogens with zero attached hydrogens (tertiary/aromatic N) is 1. The van der Waals surface area contributed by atoms with Crippen molar-refractivity contribution < 1.29 is 18.5 Å². The molecule has 1 fully saturated rings. The Hall–Kier alpha value is -2.08. The summed E-state index contributed by atoms with van der Waals surface area (Å²) in [5.41, 5.74) is 0.423. The lowest BCUT2D eigenvalue weighted by Crippen LogP contribution is -2.36. The van der Waals surface area contributed by atoms with Crippen LogP contribution in [0.3, 0.4) is 0 Å². The predicted octanol–water partition coefficient (Wildman–Crippen LogP) is 3.51. The van der Waals surface area contributed by atoms with Crippen molar-refractivity contribution >= 4 is 5.91 Å². The second kappa shape index (κ2) is 7.21. The summed E-state index contributed by atoms with van der Waals surface area (Å²) in [5, 5.41) is 6.73. The van der Waals surface area contributed by atoms with E-state index in [1.807, 2.05) is 0 Å². The van der Waals surface area contributed by atoms with Crippen LogP contribution in [0.5, 0.6) is 0 Å². The number of rotatable bonds is 6. The lowest BCUT2D eigenvalue weighted by atomic mass is 9.79. The molecule has 2 aromatic heterocycles. The van der Waals surface area contributed by atoms with E-state index in [0.717, 1.165) is 32.5 Å². The summed E-state index contributed by atoms with van der Waals surface area (Å²) < 4.78 is 15.9. The molecule has 0 atom stereocenters. The smallest absolute Gasteiger partial charge is 0.257 e. The van der Waals surface area contributed by atoms with Gasteiger partial charge >= 0.3 is 0 Å². The van der Waals surface area contributed by atoms with E-state index in [4.69, 9.17) is 13.7 Å². The summed E-state index contributed by atoms with van der Waals surface area (Å²) in [6.45, 7) is 6.67. The van der Waals surface area contributed by atoms with E-state index >= 15 is 0 Å². The number of nitrogens with one attached hydrogen (secondary N) is 1. The highest BCUT2D eigenvalue weighted by molar-refractivity contribution is 5.98. The van der Waals surface area contributed by atoms with E-state index in [0.29, 0.717) is 29.5 Å². The number of aromatic nitrogens is 1. The minimum absolute atomic E-state index is 0.0275.